The molecule has 0 spiro atoms. The summed E-state index contributed by atoms with van der Waals surface area (Å²) in [4.78, 5) is 7.06. The molecule has 21 heavy (non-hydrogen) atoms. The van der Waals surface area contributed by atoms with E-state index in [2.05, 4.69) is 53.8 Å². The average molecular weight is 301 g/mol. The molecule has 3 rings (SSSR count). The molecule has 0 aliphatic heterocycles. The first-order valence-electron chi connectivity index (χ1n) is 7.60. The highest BCUT2D eigenvalue weighted by atomic mass is 32.1. The number of rotatable bonds is 7. The molecule has 1 aromatic carbocycles. The molecule has 1 fully saturated rings. The summed E-state index contributed by atoms with van der Waals surface area (Å²) in [6.45, 7) is 4.98. The third kappa shape index (κ3) is 4.37. The first-order chi connectivity index (χ1) is 10.2. The molecule has 1 aromatic heterocycles. The molecule has 0 saturated heterocycles. The van der Waals surface area contributed by atoms with E-state index >= 15 is 0 Å². The minimum atomic E-state index is 0.751. The molecule has 1 heterocycles. The Morgan fingerprint density at radius 3 is 2.86 bits per heavy atom. The Balaban J connectivity index is 1.52. The van der Waals surface area contributed by atoms with Crippen molar-refractivity contribution in [1.82, 2.24) is 15.2 Å². The highest BCUT2D eigenvalue weighted by Gasteiger charge is 2.20. The Kier molecular flexibility index (Phi) is 4.68. The van der Waals surface area contributed by atoms with Crippen LogP contribution in [0.5, 0.6) is 0 Å². The SMILES string of the molecule is Cc1ccccc1CN(C)Cc1csc(CNC2CC2)n1. The fraction of sp³-hybridized carbons (Fsp3) is 0.471. The molecular formula is C17H23N3S. The first kappa shape index (κ1) is 14.7. The van der Waals surface area contributed by atoms with E-state index in [9.17, 15) is 0 Å². The Morgan fingerprint density at radius 2 is 2.10 bits per heavy atom. The Hall–Kier alpha value is -1.23. The Labute approximate surface area is 131 Å². The molecule has 1 N–H and O–H groups in total. The zero-order valence-electron chi connectivity index (χ0n) is 12.8. The van der Waals surface area contributed by atoms with E-state index < -0.39 is 0 Å². The number of nitrogens with zero attached hydrogens (tertiary/aromatic N) is 2. The van der Waals surface area contributed by atoms with Gasteiger partial charge in [-0.1, -0.05) is 24.3 Å². The molecular weight excluding hydrogens is 278 g/mol. The van der Waals surface area contributed by atoms with Crippen LogP contribution in [0.3, 0.4) is 0 Å². The van der Waals surface area contributed by atoms with Crippen LogP contribution in [0.4, 0.5) is 0 Å². The number of hydrogen-bond acceptors (Lipinski definition) is 4. The van der Waals surface area contributed by atoms with Crippen molar-refractivity contribution in [3.8, 4) is 0 Å². The van der Waals surface area contributed by atoms with Gasteiger partial charge in [0.25, 0.3) is 0 Å². The lowest BCUT2D eigenvalue weighted by Gasteiger charge is -2.16. The van der Waals surface area contributed by atoms with Crippen LogP contribution < -0.4 is 5.32 Å². The molecule has 0 bridgehead atoms. The second-order valence-corrected chi connectivity index (χ2v) is 6.93. The van der Waals surface area contributed by atoms with Crippen molar-refractivity contribution in [1.29, 1.82) is 0 Å². The van der Waals surface area contributed by atoms with Gasteiger partial charge in [0.1, 0.15) is 5.01 Å². The smallest absolute Gasteiger partial charge is 0.107 e. The molecule has 3 nitrogen and oxygen atoms in total. The summed E-state index contributed by atoms with van der Waals surface area (Å²) >= 11 is 1.77. The molecule has 4 heteroatoms. The summed E-state index contributed by atoms with van der Waals surface area (Å²) < 4.78 is 0. The van der Waals surface area contributed by atoms with Crippen LogP contribution >= 0.6 is 11.3 Å². The number of aromatic nitrogens is 1. The third-order valence-corrected chi connectivity index (χ3v) is 4.75. The van der Waals surface area contributed by atoms with Crippen LogP contribution in [-0.4, -0.2) is 23.0 Å². The predicted octanol–water partition coefficient (Wildman–Crippen LogP) is 3.34. The summed E-state index contributed by atoms with van der Waals surface area (Å²) in [6.07, 6.45) is 2.66. The van der Waals surface area contributed by atoms with Gasteiger partial charge in [-0.3, -0.25) is 4.90 Å². The largest absolute Gasteiger partial charge is 0.308 e. The summed E-state index contributed by atoms with van der Waals surface area (Å²) in [7, 11) is 2.16. The van der Waals surface area contributed by atoms with E-state index in [0.29, 0.717) is 0 Å². The Morgan fingerprint density at radius 1 is 1.29 bits per heavy atom. The molecule has 0 amide bonds. The summed E-state index contributed by atoms with van der Waals surface area (Å²) in [5, 5.41) is 6.92. The minimum Gasteiger partial charge on any atom is -0.308 e. The van der Waals surface area contributed by atoms with Crippen molar-refractivity contribution >= 4 is 11.3 Å². The molecule has 2 aromatic rings. The number of hydrogen-bond donors (Lipinski definition) is 1. The highest BCUT2D eigenvalue weighted by molar-refractivity contribution is 7.09. The molecule has 1 saturated carbocycles. The van der Waals surface area contributed by atoms with Crippen LogP contribution in [0.15, 0.2) is 29.6 Å². The maximum Gasteiger partial charge on any atom is 0.107 e. The summed E-state index contributed by atoms with van der Waals surface area (Å²) in [5.74, 6) is 0. The van der Waals surface area contributed by atoms with Gasteiger partial charge in [-0.2, -0.15) is 0 Å². The van der Waals surface area contributed by atoms with Gasteiger partial charge < -0.3 is 5.32 Å². The van der Waals surface area contributed by atoms with Crippen LogP contribution in [0.2, 0.25) is 0 Å². The van der Waals surface area contributed by atoms with Crippen molar-refractivity contribution < 1.29 is 0 Å². The lowest BCUT2D eigenvalue weighted by atomic mass is 10.1. The van der Waals surface area contributed by atoms with Gasteiger partial charge in [0.15, 0.2) is 0 Å². The lowest BCUT2D eigenvalue weighted by molar-refractivity contribution is 0.315. The summed E-state index contributed by atoms with van der Waals surface area (Å²) in [6, 6.07) is 9.34. The molecule has 0 atom stereocenters. The van der Waals surface area contributed by atoms with Gasteiger partial charge in [-0.05, 0) is 37.9 Å². The zero-order chi connectivity index (χ0) is 14.7. The molecule has 1 aliphatic rings. The number of nitrogens with one attached hydrogen (secondary N) is 1. The van der Waals surface area contributed by atoms with E-state index in [1.165, 1.54) is 34.7 Å². The van der Waals surface area contributed by atoms with Crippen molar-refractivity contribution in [2.24, 2.45) is 0 Å². The standard InChI is InChI=1S/C17H23N3S/c1-13-5-3-4-6-14(13)10-20(2)11-16-12-21-17(19-16)9-18-15-7-8-15/h3-6,12,15,18H,7-11H2,1-2H3. The van der Waals surface area contributed by atoms with Crippen LogP contribution in [0, 0.1) is 6.92 Å². The third-order valence-electron chi connectivity index (χ3n) is 3.85. The van der Waals surface area contributed by atoms with Crippen molar-refractivity contribution in [3.05, 3.63) is 51.5 Å². The van der Waals surface area contributed by atoms with Gasteiger partial charge >= 0.3 is 0 Å². The van der Waals surface area contributed by atoms with Crippen molar-refractivity contribution in [2.45, 2.75) is 45.4 Å². The molecule has 112 valence electrons. The van der Waals surface area contributed by atoms with Gasteiger partial charge in [0.2, 0.25) is 0 Å². The predicted molar refractivity (Wildman–Crippen MR) is 88.3 cm³/mol. The van der Waals surface area contributed by atoms with Gasteiger partial charge in [-0.15, -0.1) is 11.3 Å². The van der Waals surface area contributed by atoms with Crippen molar-refractivity contribution in [3.63, 3.8) is 0 Å². The minimum absolute atomic E-state index is 0.751. The van der Waals surface area contributed by atoms with E-state index in [0.717, 1.165) is 25.7 Å². The fourth-order valence-corrected chi connectivity index (χ4v) is 3.17. The average Bonchev–Trinajstić information content (AvgIpc) is 3.19. The second kappa shape index (κ2) is 6.69. The van der Waals surface area contributed by atoms with E-state index in [-0.39, 0.29) is 0 Å². The van der Waals surface area contributed by atoms with Crippen LogP contribution in [0.1, 0.15) is 34.7 Å². The van der Waals surface area contributed by atoms with Gasteiger partial charge in [-0.25, -0.2) is 4.98 Å². The normalized spacial score (nSPS) is 14.8. The molecule has 0 unspecified atom stereocenters. The maximum atomic E-state index is 4.73. The number of benzene rings is 1. The lowest BCUT2D eigenvalue weighted by Crippen LogP contribution is -2.18. The van der Waals surface area contributed by atoms with Gasteiger partial charge in [0, 0.05) is 31.1 Å². The molecule has 0 radical (unpaired) electrons. The van der Waals surface area contributed by atoms with E-state index in [1.807, 2.05) is 0 Å². The fourth-order valence-electron chi connectivity index (χ4n) is 2.43. The highest BCUT2D eigenvalue weighted by Crippen LogP contribution is 2.20. The van der Waals surface area contributed by atoms with E-state index in [1.54, 1.807) is 11.3 Å². The number of thiazole rings is 1. The van der Waals surface area contributed by atoms with Crippen LogP contribution in [0.25, 0.3) is 0 Å². The van der Waals surface area contributed by atoms with Crippen molar-refractivity contribution in [2.75, 3.05) is 7.05 Å². The second-order valence-electron chi connectivity index (χ2n) is 5.99. The number of aryl methyl sites for hydroxylation is 1. The first-order valence-corrected chi connectivity index (χ1v) is 8.48. The maximum absolute atomic E-state index is 4.73. The quantitative estimate of drug-likeness (QED) is 0.850. The zero-order valence-corrected chi connectivity index (χ0v) is 13.6. The topological polar surface area (TPSA) is 28.2 Å². The van der Waals surface area contributed by atoms with Crippen LogP contribution in [-0.2, 0) is 19.6 Å². The summed E-state index contributed by atoms with van der Waals surface area (Å²) in [5.41, 5.74) is 3.94. The molecule has 1 aliphatic carbocycles. The Bertz CT molecular complexity index is 589. The van der Waals surface area contributed by atoms with Gasteiger partial charge in [0.05, 0.1) is 5.69 Å². The monoisotopic (exact) mass is 301 g/mol. The van der Waals surface area contributed by atoms with E-state index in [4.69, 9.17) is 4.98 Å².